The lowest BCUT2D eigenvalue weighted by Gasteiger charge is -2.18. The Labute approximate surface area is 140 Å². The molecular formula is C19H19N3O2. The number of nitrogens with zero attached hydrogens (tertiary/aromatic N) is 3. The molecular weight excluding hydrogens is 302 g/mol. The molecule has 5 heteroatoms. The van der Waals surface area contributed by atoms with Crippen LogP contribution in [0.15, 0.2) is 65.2 Å². The maximum atomic E-state index is 12.5. The van der Waals surface area contributed by atoms with Crippen molar-refractivity contribution in [3.63, 3.8) is 0 Å². The largest absolute Gasteiger partial charge is 0.337 e. The molecule has 1 amide bonds. The van der Waals surface area contributed by atoms with Gasteiger partial charge in [-0.25, -0.2) is 0 Å². The Morgan fingerprint density at radius 1 is 1.04 bits per heavy atom. The second-order valence-electron chi connectivity index (χ2n) is 5.45. The first-order chi connectivity index (χ1) is 11.8. The Morgan fingerprint density at radius 2 is 1.71 bits per heavy atom. The number of hydrogen-bond donors (Lipinski definition) is 0. The van der Waals surface area contributed by atoms with Gasteiger partial charge < -0.3 is 9.42 Å². The molecule has 3 aromatic rings. The van der Waals surface area contributed by atoms with Crippen molar-refractivity contribution in [2.75, 3.05) is 6.54 Å². The molecule has 1 heterocycles. The molecule has 0 spiro atoms. The molecule has 0 aliphatic rings. The molecule has 122 valence electrons. The number of aromatic nitrogens is 2. The Hall–Kier alpha value is -2.95. The third-order valence-corrected chi connectivity index (χ3v) is 3.76. The molecule has 0 saturated heterocycles. The van der Waals surface area contributed by atoms with Gasteiger partial charge in [0.25, 0.3) is 0 Å². The van der Waals surface area contributed by atoms with E-state index in [2.05, 4.69) is 10.1 Å². The Balaban J connectivity index is 1.67. The fraction of sp³-hybridized carbons (Fsp3) is 0.211. The normalized spacial score (nSPS) is 10.5. The summed E-state index contributed by atoms with van der Waals surface area (Å²) in [6.45, 7) is 2.86. The molecule has 0 bridgehead atoms. The molecule has 0 unspecified atom stereocenters. The third kappa shape index (κ3) is 3.87. The zero-order chi connectivity index (χ0) is 16.8. The van der Waals surface area contributed by atoms with Crippen LogP contribution in [0.3, 0.4) is 0 Å². The molecule has 2 aromatic carbocycles. The number of benzene rings is 2. The summed E-state index contributed by atoms with van der Waals surface area (Å²) in [6.07, 6.45) is 0.369. The first-order valence-electron chi connectivity index (χ1n) is 7.96. The van der Waals surface area contributed by atoms with Crippen molar-refractivity contribution in [3.05, 3.63) is 72.1 Å². The number of carbonyl (C=O) groups is 1. The van der Waals surface area contributed by atoms with E-state index in [1.807, 2.05) is 67.6 Å². The van der Waals surface area contributed by atoms with E-state index in [0.29, 0.717) is 31.2 Å². The highest BCUT2D eigenvalue weighted by Crippen LogP contribution is 2.16. The predicted molar refractivity (Wildman–Crippen MR) is 91.0 cm³/mol. The lowest BCUT2D eigenvalue weighted by Crippen LogP contribution is -2.31. The molecule has 0 N–H and O–H groups in total. The van der Waals surface area contributed by atoms with Crippen LogP contribution in [0, 0.1) is 0 Å². The molecule has 0 aliphatic carbocycles. The van der Waals surface area contributed by atoms with Crippen LogP contribution in [0.5, 0.6) is 0 Å². The summed E-state index contributed by atoms with van der Waals surface area (Å²) in [5.74, 6) is 1.03. The van der Waals surface area contributed by atoms with E-state index in [4.69, 9.17) is 4.52 Å². The lowest BCUT2D eigenvalue weighted by molar-refractivity contribution is -0.131. The Morgan fingerprint density at radius 3 is 2.38 bits per heavy atom. The Bertz CT molecular complexity index is 785. The van der Waals surface area contributed by atoms with E-state index in [1.54, 1.807) is 4.90 Å². The fourth-order valence-electron chi connectivity index (χ4n) is 2.45. The maximum Gasteiger partial charge on any atom is 0.246 e. The number of carbonyl (C=O) groups excluding carboxylic acids is 1. The van der Waals surface area contributed by atoms with Gasteiger partial charge >= 0.3 is 0 Å². The van der Waals surface area contributed by atoms with Crippen molar-refractivity contribution in [3.8, 4) is 11.4 Å². The monoisotopic (exact) mass is 321 g/mol. The highest BCUT2D eigenvalue weighted by Gasteiger charge is 2.17. The third-order valence-electron chi connectivity index (χ3n) is 3.76. The van der Waals surface area contributed by atoms with Gasteiger partial charge in [-0.3, -0.25) is 4.79 Å². The number of likely N-dealkylation sites (N-methyl/N-ethyl adjacent to an activating group) is 1. The van der Waals surface area contributed by atoms with Gasteiger partial charge in [0.2, 0.25) is 17.6 Å². The standard InChI is InChI=1S/C19H19N3O2/c1-2-22(18(23)13-15-9-5-3-6-10-15)14-17-20-19(21-24-17)16-11-7-4-8-12-16/h3-12H,2,13-14H2,1H3. The average Bonchev–Trinajstić information content (AvgIpc) is 3.10. The van der Waals surface area contributed by atoms with E-state index in [1.165, 1.54) is 0 Å². The molecule has 0 saturated carbocycles. The summed E-state index contributed by atoms with van der Waals surface area (Å²) < 4.78 is 5.30. The predicted octanol–water partition coefficient (Wildman–Crippen LogP) is 3.33. The molecule has 1 aromatic heterocycles. The maximum absolute atomic E-state index is 12.5. The van der Waals surface area contributed by atoms with Crippen LogP contribution in [0.1, 0.15) is 18.4 Å². The van der Waals surface area contributed by atoms with Gasteiger partial charge in [-0.15, -0.1) is 0 Å². The summed E-state index contributed by atoms with van der Waals surface area (Å²) in [7, 11) is 0. The van der Waals surface area contributed by atoms with E-state index in [-0.39, 0.29) is 5.91 Å². The van der Waals surface area contributed by atoms with Crippen LogP contribution in [-0.2, 0) is 17.8 Å². The second-order valence-corrected chi connectivity index (χ2v) is 5.45. The SMILES string of the molecule is CCN(Cc1nc(-c2ccccc2)no1)C(=O)Cc1ccccc1. The van der Waals surface area contributed by atoms with E-state index >= 15 is 0 Å². The number of rotatable bonds is 6. The summed E-state index contributed by atoms with van der Waals surface area (Å²) >= 11 is 0. The molecule has 0 aliphatic heterocycles. The van der Waals surface area contributed by atoms with E-state index in [9.17, 15) is 4.79 Å². The molecule has 0 atom stereocenters. The topological polar surface area (TPSA) is 59.2 Å². The summed E-state index contributed by atoms with van der Waals surface area (Å²) in [5, 5.41) is 3.99. The highest BCUT2D eigenvalue weighted by atomic mass is 16.5. The van der Waals surface area contributed by atoms with Crippen molar-refractivity contribution >= 4 is 5.91 Å². The molecule has 24 heavy (non-hydrogen) atoms. The fourth-order valence-corrected chi connectivity index (χ4v) is 2.45. The van der Waals surface area contributed by atoms with Gasteiger partial charge in [-0.1, -0.05) is 65.8 Å². The summed E-state index contributed by atoms with van der Waals surface area (Å²) in [4.78, 5) is 18.6. The average molecular weight is 321 g/mol. The minimum atomic E-state index is 0.0446. The van der Waals surface area contributed by atoms with Crippen LogP contribution in [-0.4, -0.2) is 27.5 Å². The first-order valence-corrected chi connectivity index (χ1v) is 7.96. The smallest absolute Gasteiger partial charge is 0.246 e. The van der Waals surface area contributed by atoms with Crippen LogP contribution in [0.2, 0.25) is 0 Å². The second kappa shape index (κ2) is 7.55. The highest BCUT2D eigenvalue weighted by molar-refractivity contribution is 5.78. The van der Waals surface area contributed by atoms with Gasteiger partial charge in [0.15, 0.2) is 0 Å². The van der Waals surface area contributed by atoms with Crippen LogP contribution in [0.4, 0.5) is 0 Å². The van der Waals surface area contributed by atoms with E-state index < -0.39 is 0 Å². The van der Waals surface area contributed by atoms with Gasteiger partial charge in [0, 0.05) is 12.1 Å². The van der Waals surface area contributed by atoms with Gasteiger partial charge in [-0.2, -0.15) is 4.98 Å². The van der Waals surface area contributed by atoms with Gasteiger partial charge in [-0.05, 0) is 12.5 Å². The van der Waals surface area contributed by atoms with Crippen molar-refractivity contribution in [2.45, 2.75) is 19.9 Å². The summed E-state index contributed by atoms with van der Waals surface area (Å²) in [5.41, 5.74) is 1.89. The molecule has 0 radical (unpaired) electrons. The number of hydrogen-bond acceptors (Lipinski definition) is 4. The number of amides is 1. The molecule has 3 rings (SSSR count). The molecule has 5 nitrogen and oxygen atoms in total. The van der Waals surface area contributed by atoms with Crippen molar-refractivity contribution in [1.82, 2.24) is 15.0 Å². The quantitative estimate of drug-likeness (QED) is 0.699. The van der Waals surface area contributed by atoms with Crippen LogP contribution < -0.4 is 0 Å². The van der Waals surface area contributed by atoms with Gasteiger partial charge in [0.1, 0.15) is 0 Å². The van der Waals surface area contributed by atoms with Crippen molar-refractivity contribution in [1.29, 1.82) is 0 Å². The van der Waals surface area contributed by atoms with Crippen LogP contribution in [0.25, 0.3) is 11.4 Å². The zero-order valence-electron chi connectivity index (χ0n) is 13.6. The minimum Gasteiger partial charge on any atom is -0.337 e. The van der Waals surface area contributed by atoms with Crippen molar-refractivity contribution < 1.29 is 9.32 Å². The molecule has 0 fully saturated rings. The van der Waals surface area contributed by atoms with Crippen molar-refractivity contribution in [2.24, 2.45) is 0 Å². The van der Waals surface area contributed by atoms with E-state index in [0.717, 1.165) is 11.1 Å². The zero-order valence-corrected chi connectivity index (χ0v) is 13.6. The van der Waals surface area contributed by atoms with Crippen LogP contribution >= 0.6 is 0 Å². The lowest BCUT2D eigenvalue weighted by atomic mass is 10.1. The minimum absolute atomic E-state index is 0.0446. The first kappa shape index (κ1) is 15.9. The van der Waals surface area contributed by atoms with Gasteiger partial charge in [0.05, 0.1) is 13.0 Å². The summed E-state index contributed by atoms with van der Waals surface area (Å²) in [6, 6.07) is 19.3. The Kier molecular flexibility index (Phi) is 5.01.